The molecule has 2 fully saturated rings. The normalized spacial score (nSPS) is 17.3. The van der Waals surface area contributed by atoms with Crippen LogP contribution in [-0.2, 0) is 11.2 Å². The van der Waals surface area contributed by atoms with Crippen LogP contribution in [0.3, 0.4) is 0 Å². The molecule has 2 aromatic rings. The minimum Gasteiger partial charge on any atom is -0.368 e. The minimum absolute atomic E-state index is 0.0536. The van der Waals surface area contributed by atoms with E-state index in [1.807, 2.05) is 11.8 Å². The van der Waals surface area contributed by atoms with Gasteiger partial charge in [0.15, 0.2) is 5.13 Å². The van der Waals surface area contributed by atoms with Gasteiger partial charge in [0, 0.05) is 44.8 Å². The maximum Gasteiger partial charge on any atom is 0.266 e. The van der Waals surface area contributed by atoms with Crippen molar-refractivity contribution in [2.45, 2.75) is 40.0 Å². The van der Waals surface area contributed by atoms with E-state index in [4.69, 9.17) is 0 Å². The van der Waals surface area contributed by atoms with Crippen molar-refractivity contribution in [1.29, 1.82) is 0 Å². The molecule has 3 heterocycles. The molecule has 0 bridgehead atoms. The van der Waals surface area contributed by atoms with Gasteiger partial charge in [-0.2, -0.15) is 0 Å². The van der Waals surface area contributed by atoms with Crippen LogP contribution in [0, 0.1) is 13.8 Å². The summed E-state index contributed by atoms with van der Waals surface area (Å²) in [6.45, 7) is 10.1. The number of hydrogen-bond acceptors (Lipinski definition) is 5. The highest BCUT2D eigenvalue weighted by atomic mass is 32.1. The number of nitrogens with zero attached hydrogens (tertiary/aromatic N) is 4. The largest absolute Gasteiger partial charge is 0.368 e. The smallest absolute Gasteiger partial charge is 0.266 e. The predicted octanol–water partition coefficient (Wildman–Crippen LogP) is 3.41. The zero-order chi connectivity index (χ0) is 20.5. The molecule has 0 N–H and O–H groups in total. The lowest BCUT2D eigenvalue weighted by Crippen LogP contribution is -2.49. The van der Waals surface area contributed by atoms with Crippen molar-refractivity contribution < 1.29 is 9.59 Å². The van der Waals surface area contributed by atoms with E-state index in [9.17, 15) is 9.59 Å². The highest BCUT2D eigenvalue weighted by Crippen LogP contribution is 2.31. The Balaban J connectivity index is 1.48. The van der Waals surface area contributed by atoms with Crippen LogP contribution in [0.2, 0.25) is 0 Å². The Morgan fingerprint density at radius 2 is 1.90 bits per heavy atom. The number of piperazine rings is 1. The maximum absolute atomic E-state index is 13.2. The summed E-state index contributed by atoms with van der Waals surface area (Å²) in [7, 11) is 0. The van der Waals surface area contributed by atoms with Gasteiger partial charge in [-0.3, -0.25) is 14.5 Å². The number of carbonyl (C=O) groups is 2. The topological polar surface area (TPSA) is 56.8 Å². The van der Waals surface area contributed by atoms with E-state index in [0.717, 1.165) is 25.2 Å². The van der Waals surface area contributed by atoms with Crippen LogP contribution in [0.25, 0.3) is 0 Å². The van der Waals surface area contributed by atoms with Gasteiger partial charge in [-0.25, -0.2) is 4.98 Å². The quantitative estimate of drug-likeness (QED) is 0.772. The van der Waals surface area contributed by atoms with Crippen molar-refractivity contribution in [3.63, 3.8) is 0 Å². The molecule has 4 rings (SSSR count). The minimum atomic E-state index is 0.0536. The standard InChI is InChI=1S/C22H28N4O2S/c1-4-17-20(29-22(23-17)26-10-6-9-19(26)27)21(28)25-13-11-24(12-14-25)18-8-5-7-15(2)16(18)3/h5,7-8H,4,6,9-14H2,1-3H3. The monoisotopic (exact) mass is 412 g/mol. The highest BCUT2D eigenvalue weighted by Gasteiger charge is 2.30. The van der Waals surface area contributed by atoms with Crippen molar-refractivity contribution in [2.75, 3.05) is 42.5 Å². The molecule has 2 aliphatic heterocycles. The van der Waals surface area contributed by atoms with E-state index >= 15 is 0 Å². The Kier molecular flexibility index (Phi) is 5.58. The second kappa shape index (κ2) is 8.14. The summed E-state index contributed by atoms with van der Waals surface area (Å²) in [6.07, 6.45) is 2.14. The lowest BCUT2D eigenvalue weighted by atomic mass is 10.1. The van der Waals surface area contributed by atoms with E-state index in [-0.39, 0.29) is 11.8 Å². The van der Waals surface area contributed by atoms with Gasteiger partial charge >= 0.3 is 0 Å². The Labute approximate surface area is 176 Å². The van der Waals surface area contributed by atoms with Crippen LogP contribution >= 0.6 is 11.3 Å². The molecule has 7 heteroatoms. The van der Waals surface area contributed by atoms with Gasteiger partial charge in [0.2, 0.25) is 5.91 Å². The number of aromatic nitrogens is 1. The van der Waals surface area contributed by atoms with Gasteiger partial charge < -0.3 is 9.80 Å². The highest BCUT2D eigenvalue weighted by molar-refractivity contribution is 7.17. The Bertz CT molecular complexity index is 931. The van der Waals surface area contributed by atoms with Crippen LogP contribution in [0.4, 0.5) is 10.8 Å². The molecule has 0 atom stereocenters. The zero-order valence-electron chi connectivity index (χ0n) is 17.4. The molecule has 2 amide bonds. The van der Waals surface area contributed by atoms with Gasteiger partial charge in [-0.15, -0.1) is 0 Å². The molecule has 0 unspecified atom stereocenters. The summed E-state index contributed by atoms with van der Waals surface area (Å²) < 4.78 is 0. The van der Waals surface area contributed by atoms with Gasteiger partial charge in [0.25, 0.3) is 5.91 Å². The summed E-state index contributed by atoms with van der Waals surface area (Å²) in [6, 6.07) is 6.40. The third-order valence-electron chi connectivity index (χ3n) is 6.00. The molecular weight excluding hydrogens is 384 g/mol. The first kappa shape index (κ1) is 19.9. The lowest BCUT2D eigenvalue weighted by molar-refractivity contribution is -0.117. The second-order valence-corrected chi connectivity index (χ2v) is 8.75. The van der Waals surface area contributed by atoms with E-state index in [2.05, 4.69) is 41.9 Å². The molecule has 6 nitrogen and oxygen atoms in total. The van der Waals surface area contributed by atoms with Crippen LogP contribution in [0.5, 0.6) is 0 Å². The molecule has 2 saturated heterocycles. The first-order chi connectivity index (χ1) is 14.0. The third kappa shape index (κ3) is 3.75. The molecule has 2 aliphatic rings. The van der Waals surface area contributed by atoms with Gasteiger partial charge in [0.05, 0.1) is 5.69 Å². The van der Waals surface area contributed by atoms with Crippen molar-refractivity contribution >= 4 is 34.0 Å². The first-order valence-electron chi connectivity index (χ1n) is 10.4. The van der Waals surface area contributed by atoms with Crippen molar-refractivity contribution in [2.24, 2.45) is 0 Å². The van der Waals surface area contributed by atoms with Crippen LogP contribution in [0.1, 0.15) is 46.3 Å². The molecule has 0 aliphatic carbocycles. The Morgan fingerprint density at radius 3 is 2.55 bits per heavy atom. The fourth-order valence-electron chi connectivity index (χ4n) is 4.08. The number of hydrogen-bond donors (Lipinski definition) is 0. The number of benzene rings is 1. The molecule has 29 heavy (non-hydrogen) atoms. The van der Waals surface area contributed by atoms with Crippen molar-refractivity contribution in [3.05, 3.63) is 39.9 Å². The number of carbonyl (C=O) groups excluding carboxylic acids is 2. The molecule has 0 saturated carbocycles. The Morgan fingerprint density at radius 1 is 1.14 bits per heavy atom. The summed E-state index contributed by atoms with van der Waals surface area (Å²) in [4.78, 5) is 36.7. The number of thiazole rings is 1. The van der Waals surface area contributed by atoms with Crippen molar-refractivity contribution in [3.8, 4) is 0 Å². The summed E-state index contributed by atoms with van der Waals surface area (Å²) in [5.74, 6) is 0.167. The average Bonchev–Trinajstić information content (AvgIpc) is 3.35. The summed E-state index contributed by atoms with van der Waals surface area (Å²) in [5, 5.41) is 0.682. The van der Waals surface area contributed by atoms with E-state index in [1.54, 1.807) is 4.90 Å². The predicted molar refractivity (Wildman–Crippen MR) is 117 cm³/mol. The number of anilines is 2. The van der Waals surface area contributed by atoms with E-state index < -0.39 is 0 Å². The fraction of sp³-hybridized carbons (Fsp3) is 0.500. The third-order valence-corrected chi connectivity index (χ3v) is 7.11. The molecule has 154 valence electrons. The lowest BCUT2D eigenvalue weighted by Gasteiger charge is -2.37. The maximum atomic E-state index is 13.2. The van der Waals surface area contributed by atoms with Gasteiger partial charge in [-0.1, -0.05) is 30.4 Å². The molecule has 0 spiro atoms. The summed E-state index contributed by atoms with van der Waals surface area (Å²) >= 11 is 1.38. The van der Waals surface area contributed by atoms with Gasteiger partial charge in [0.1, 0.15) is 4.88 Å². The fourth-order valence-corrected chi connectivity index (χ4v) is 5.25. The number of amides is 2. The molecule has 1 aromatic heterocycles. The first-order valence-corrected chi connectivity index (χ1v) is 11.2. The van der Waals surface area contributed by atoms with E-state index in [0.29, 0.717) is 42.5 Å². The van der Waals surface area contributed by atoms with Crippen LogP contribution < -0.4 is 9.80 Å². The summed E-state index contributed by atoms with van der Waals surface area (Å²) in [5.41, 5.74) is 4.68. The SMILES string of the molecule is CCc1nc(N2CCCC2=O)sc1C(=O)N1CCN(c2cccc(C)c2C)CC1. The molecular formula is C22H28N4O2S. The molecule has 1 aromatic carbocycles. The van der Waals surface area contributed by atoms with Crippen LogP contribution in [0.15, 0.2) is 18.2 Å². The van der Waals surface area contributed by atoms with Gasteiger partial charge in [-0.05, 0) is 43.9 Å². The van der Waals surface area contributed by atoms with Crippen LogP contribution in [-0.4, -0.2) is 54.4 Å². The number of rotatable bonds is 4. The Hall–Kier alpha value is -2.41. The second-order valence-electron chi connectivity index (χ2n) is 7.77. The zero-order valence-corrected chi connectivity index (χ0v) is 18.2. The van der Waals surface area contributed by atoms with Crippen molar-refractivity contribution in [1.82, 2.24) is 9.88 Å². The molecule has 0 radical (unpaired) electrons. The average molecular weight is 413 g/mol. The van der Waals surface area contributed by atoms with E-state index in [1.165, 1.54) is 28.2 Å². The number of aryl methyl sites for hydroxylation is 2.